The molecule has 0 aliphatic heterocycles. The van der Waals surface area contributed by atoms with E-state index >= 15 is 0 Å². The summed E-state index contributed by atoms with van der Waals surface area (Å²) in [7, 11) is 1.79. The number of halogens is 1. The van der Waals surface area contributed by atoms with Gasteiger partial charge in [-0.15, -0.1) is 24.0 Å². The zero-order valence-corrected chi connectivity index (χ0v) is 16.9. The van der Waals surface area contributed by atoms with Gasteiger partial charge in [0, 0.05) is 25.7 Å². The van der Waals surface area contributed by atoms with Crippen LogP contribution in [-0.4, -0.2) is 34.7 Å². The van der Waals surface area contributed by atoms with E-state index in [0.29, 0.717) is 6.54 Å². The fourth-order valence-electron chi connectivity index (χ4n) is 2.30. The summed E-state index contributed by atoms with van der Waals surface area (Å²) in [5.74, 6) is 2.35. The molecule has 7 heteroatoms. The standard InChI is InChI=1S/C17H26N6.HI/c1-13(2)6-5-9-19-17(18-3)20-11-14-7-4-8-15(10-14)16-21-12-22-23-16;/h4,7-8,10,12-13H,5-6,9,11H2,1-3H3,(H2,18,19,20)(H,21,22,23);1H. The smallest absolute Gasteiger partial charge is 0.191 e. The maximum Gasteiger partial charge on any atom is 0.191 e. The SMILES string of the molecule is CN=C(NCCCC(C)C)NCc1cccc(-c2ncn[nH]2)c1.I. The van der Waals surface area contributed by atoms with E-state index in [1.54, 1.807) is 7.05 Å². The van der Waals surface area contributed by atoms with E-state index in [4.69, 9.17) is 0 Å². The Kier molecular flexibility index (Phi) is 9.36. The molecule has 6 nitrogen and oxygen atoms in total. The average molecular weight is 442 g/mol. The number of nitrogens with one attached hydrogen (secondary N) is 3. The number of benzene rings is 1. The van der Waals surface area contributed by atoms with E-state index in [1.165, 1.54) is 18.3 Å². The summed E-state index contributed by atoms with van der Waals surface area (Å²) in [5, 5.41) is 13.5. The predicted molar refractivity (Wildman–Crippen MR) is 110 cm³/mol. The van der Waals surface area contributed by atoms with E-state index in [9.17, 15) is 0 Å². The van der Waals surface area contributed by atoms with Crippen molar-refractivity contribution in [2.75, 3.05) is 13.6 Å². The first-order chi connectivity index (χ1) is 11.2. The van der Waals surface area contributed by atoms with Gasteiger partial charge in [-0.1, -0.05) is 32.0 Å². The molecule has 2 rings (SSSR count). The van der Waals surface area contributed by atoms with E-state index in [-0.39, 0.29) is 24.0 Å². The quantitative estimate of drug-likeness (QED) is 0.267. The molecule has 24 heavy (non-hydrogen) atoms. The second-order valence-corrected chi connectivity index (χ2v) is 5.92. The lowest BCUT2D eigenvalue weighted by Gasteiger charge is -2.13. The monoisotopic (exact) mass is 442 g/mol. The van der Waals surface area contributed by atoms with E-state index in [1.807, 2.05) is 12.1 Å². The molecular weight excluding hydrogens is 415 g/mol. The second-order valence-electron chi connectivity index (χ2n) is 5.92. The molecule has 0 radical (unpaired) electrons. The molecule has 1 aromatic heterocycles. The van der Waals surface area contributed by atoms with Gasteiger partial charge in [0.2, 0.25) is 0 Å². The number of aromatic amines is 1. The van der Waals surface area contributed by atoms with Crippen molar-refractivity contribution in [3.63, 3.8) is 0 Å². The lowest BCUT2D eigenvalue weighted by molar-refractivity contribution is 0.549. The number of hydrogen-bond donors (Lipinski definition) is 3. The third-order valence-electron chi connectivity index (χ3n) is 3.55. The van der Waals surface area contributed by atoms with Crippen molar-refractivity contribution in [3.05, 3.63) is 36.2 Å². The Morgan fingerprint density at radius 2 is 2.12 bits per heavy atom. The average Bonchev–Trinajstić information content (AvgIpc) is 3.09. The van der Waals surface area contributed by atoms with E-state index in [2.05, 4.69) is 56.8 Å². The van der Waals surface area contributed by atoms with Crippen LogP contribution in [0, 0.1) is 5.92 Å². The largest absolute Gasteiger partial charge is 0.356 e. The summed E-state index contributed by atoms with van der Waals surface area (Å²) in [5.41, 5.74) is 2.20. The minimum Gasteiger partial charge on any atom is -0.356 e. The third kappa shape index (κ3) is 6.86. The molecule has 0 aliphatic carbocycles. The van der Waals surface area contributed by atoms with Crippen molar-refractivity contribution >= 4 is 29.9 Å². The second kappa shape index (κ2) is 11.0. The van der Waals surface area contributed by atoms with Crippen LogP contribution in [0.25, 0.3) is 11.4 Å². The Morgan fingerprint density at radius 3 is 2.79 bits per heavy atom. The molecule has 0 atom stereocenters. The highest BCUT2D eigenvalue weighted by atomic mass is 127. The Hall–Kier alpha value is -1.64. The van der Waals surface area contributed by atoms with Crippen LogP contribution >= 0.6 is 24.0 Å². The molecule has 3 N–H and O–H groups in total. The molecule has 0 spiro atoms. The third-order valence-corrected chi connectivity index (χ3v) is 3.55. The molecule has 0 saturated heterocycles. The van der Waals surface area contributed by atoms with Crippen LogP contribution in [0.1, 0.15) is 32.3 Å². The van der Waals surface area contributed by atoms with Gasteiger partial charge in [-0.3, -0.25) is 10.1 Å². The minimum absolute atomic E-state index is 0. The fourth-order valence-corrected chi connectivity index (χ4v) is 2.30. The number of rotatable bonds is 7. The molecule has 0 unspecified atom stereocenters. The van der Waals surface area contributed by atoms with Gasteiger partial charge in [0.25, 0.3) is 0 Å². The predicted octanol–water partition coefficient (Wildman–Crippen LogP) is 3.19. The summed E-state index contributed by atoms with van der Waals surface area (Å²) in [6, 6.07) is 8.22. The number of aliphatic imine (C=N–C) groups is 1. The minimum atomic E-state index is 0. The zero-order valence-electron chi connectivity index (χ0n) is 14.5. The molecule has 0 fully saturated rings. The van der Waals surface area contributed by atoms with Crippen molar-refractivity contribution in [2.24, 2.45) is 10.9 Å². The van der Waals surface area contributed by atoms with Crippen molar-refractivity contribution in [1.29, 1.82) is 0 Å². The summed E-state index contributed by atoms with van der Waals surface area (Å²) >= 11 is 0. The summed E-state index contributed by atoms with van der Waals surface area (Å²) in [4.78, 5) is 8.44. The number of guanidine groups is 1. The van der Waals surface area contributed by atoms with Gasteiger partial charge in [0.1, 0.15) is 6.33 Å². The van der Waals surface area contributed by atoms with Crippen LogP contribution in [0.5, 0.6) is 0 Å². The molecule has 132 valence electrons. The molecule has 2 aromatic rings. The maximum absolute atomic E-state index is 4.26. The number of aromatic nitrogens is 3. The Labute approximate surface area is 161 Å². The van der Waals surface area contributed by atoms with Crippen LogP contribution < -0.4 is 10.6 Å². The first kappa shape index (κ1) is 20.4. The lowest BCUT2D eigenvalue weighted by Crippen LogP contribution is -2.37. The van der Waals surface area contributed by atoms with Crippen molar-refractivity contribution in [3.8, 4) is 11.4 Å². The van der Waals surface area contributed by atoms with Gasteiger partial charge in [-0.05, 0) is 30.4 Å². The molecule has 0 bridgehead atoms. The first-order valence-electron chi connectivity index (χ1n) is 8.08. The Bertz CT molecular complexity index is 609. The van der Waals surface area contributed by atoms with Gasteiger partial charge in [0.15, 0.2) is 11.8 Å². The molecule has 1 heterocycles. The highest BCUT2D eigenvalue weighted by Gasteiger charge is 2.03. The first-order valence-corrected chi connectivity index (χ1v) is 8.08. The highest BCUT2D eigenvalue weighted by Crippen LogP contribution is 2.15. The van der Waals surface area contributed by atoms with Crippen LogP contribution in [0.15, 0.2) is 35.6 Å². The molecule has 1 aromatic carbocycles. The summed E-state index contributed by atoms with van der Waals surface area (Å²) in [6.07, 6.45) is 3.89. The molecule has 0 amide bonds. The lowest BCUT2D eigenvalue weighted by atomic mass is 10.1. The van der Waals surface area contributed by atoms with Crippen molar-refractivity contribution < 1.29 is 0 Å². The van der Waals surface area contributed by atoms with Crippen LogP contribution in [-0.2, 0) is 6.54 Å². The topological polar surface area (TPSA) is 78.0 Å². The normalized spacial score (nSPS) is 11.2. The Balaban J connectivity index is 0.00000288. The highest BCUT2D eigenvalue weighted by molar-refractivity contribution is 14.0. The summed E-state index contributed by atoms with van der Waals surface area (Å²) in [6.45, 7) is 6.14. The number of H-pyrrole nitrogens is 1. The zero-order chi connectivity index (χ0) is 16.5. The molecular formula is C17H27IN6. The van der Waals surface area contributed by atoms with Crippen LogP contribution in [0.3, 0.4) is 0 Å². The number of hydrogen-bond acceptors (Lipinski definition) is 3. The van der Waals surface area contributed by atoms with E-state index < -0.39 is 0 Å². The molecule has 0 aliphatic rings. The summed E-state index contributed by atoms with van der Waals surface area (Å²) < 4.78 is 0. The molecule has 0 saturated carbocycles. The van der Waals surface area contributed by atoms with Gasteiger partial charge in [-0.2, -0.15) is 5.10 Å². The van der Waals surface area contributed by atoms with Crippen LogP contribution in [0.2, 0.25) is 0 Å². The van der Waals surface area contributed by atoms with Gasteiger partial charge in [-0.25, -0.2) is 4.98 Å². The van der Waals surface area contributed by atoms with Crippen LogP contribution in [0.4, 0.5) is 0 Å². The fraction of sp³-hybridized carbons (Fsp3) is 0.471. The van der Waals surface area contributed by atoms with Gasteiger partial charge in [0.05, 0.1) is 0 Å². The van der Waals surface area contributed by atoms with E-state index in [0.717, 1.165) is 36.2 Å². The maximum atomic E-state index is 4.26. The Morgan fingerprint density at radius 1 is 1.29 bits per heavy atom. The van der Waals surface area contributed by atoms with Crippen molar-refractivity contribution in [2.45, 2.75) is 33.2 Å². The number of nitrogens with zero attached hydrogens (tertiary/aromatic N) is 3. The van der Waals surface area contributed by atoms with Gasteiger partial charge >= 0.3 is 0 Å². The van der Waals surface area contributed by atoms with Gasteiger partial charge < -0.3 is 10.6 Å². The van der Waals surface area contributed by atoms with Crippen molar-refractivity contribution in [1.82, 2.24) is 25.8 Å².